The van der Waals surface area contributed by atoms with Gasteiger partial charge in [-0.2, -0.15) is 0 Å². The smallest absolute Gasteiger partial charge is 0.0419 e. The maximum Gasteiger partial charge on any atom is 0.0419 e. The quantitative estimate of drug-likeness (QED) is 0.852. The Labute approximate surface area is 128 Å². The van der Waals surface area contributed by atoms with Crippen LogP contribution in [0.2, 0.25) is 0 Å². The minimum atomic E-state index is 0.745. The highest BCUT2D eigenvalue weighted by Crippen LogP contribution is 2.44. The van der Waals surface area contributed by atoms with E-state index in [1.54, 1.807) is 5.56 Å². The molecule has 3 fully saturated rings. The summed E-state index contributed by atoms with van der Waals surface area (Å²) in [5, 5.41) is 3.78. The number of rotatable bonds is 4. The lowest BCUT2D eigenvalue weighted by atomic mass is 10.0. The molecule has 1 saturated heterocycles. The molecule has 1 aromatic carbocycles. The molecule has 0 aromatic heterocycles. The molecule has 1 aromatic rings. The average molecular weight is 284 g/mol. The second-order valence-corrected chi connectivity index (χ2v) is 7.31. The second-order valence-electron chi connectivity index (χ2n) is 7.31. The van der Waals surface area contributed by atoms with E-state index in [1.807, 2.05) is 0 Å². The van der Waals surface area contributed by atoms with Crippen molar-refractivity contribution in [3.05, 3.63) is 23.3 Å². The normalized spacial score (nSPS) is 23.0. The molecule has 0 atom stereocenters. The first-order valence-electron chi connectivity index (χ1n) is 8.97. The SMILES string of the molecule is Cc1c(NC2CC2)cc(C2CC2)cc1N1CCCCCC1. The molecule has 1 N–H and O–H groups in total. The zero-order valence-electron chi connectivity index (χ0n) is 13.3. The molecule has 1 aliphatic heterocycles. The minimum Gasteiger partial charge on any atom is -0.382 e. The summed E-state index contributed by atoms with van der Waals surface area (Å²) in [6, 6.07) is 5.71. The van der Waals surface area contributed by atoms with Crippen LogP contribution in [0.5, 0.6) is 0 Å². The zero-order valence-corrected chi connectivity index (χ0v) is 13.3. The number of hydrogen-bond donors (Lipinski definition) is 1. The molecule has 0 amide bonds. The van der Waals surface area contributed by atoms with Gasteiger partial charge in [-0.05, 0) is 74.6 Å². The molecular formula is C19H28N2. The Kier molecular flexibility index (Phi) is 3.56. The Morgan fingerprint density at radius 3 is 2.29 bits per heavy atom. The topological polar surface area (TPSA) is 15.3 Å². The molecule has 4 rings (SSSR count). The Morgan fingerprint density at radius 1 is 0.952 bits per heavy atom. The molecule has 2 saturated carbocycles. The van der Waals surface area contributed by atoms with E-state index in [-0.39, 0.29) is 0 Å². The number of nitrogens with zero attached hydrogens (tertiary/aromatic N) is 1. The van der Waals surface area contributed by atoms with Gasteiger partial charge in [-0.3, -0.25) is 0 Å². The zero-order chi connectivity index (χ0) is 14.2. The van der Waals surface area contributed by atoms with Crippen molar-refractivity contribution in [2.75, 3.05) is 23.3 Å². The highest BCUT2D eigenvalue weighted by molar-refractivity contribution is 5.69. The molecule has 0 spiro atoms. The standard InChI is InChI=1S/C19H28N2/c1-14-18(20-17-8-9-17)12-16(15-6-7-15)13-19(14)21-10-4-2-3-5-11-21/h12-13,15,17,20H,2-11H2,1H3. The van der Waals surface area contributed by atoms with Gasteiger partial charge in [0, 0.05) is 30.5 Å². The first kappa shape index (κ1) is 13.5. The lowest BCUT2D eigenvalue weighted by molar-refractivity contribution is 0.726. The molecule has 0 unspecified atom stereocenters. The summed E-state index contributed by atoms with van der Waals surface area (Å²) in [5.74, 6) is 0.844. The van der Waals surface area contributed by atoms with Crippen molar-refractivity contribution in [2.24, 2.45) is 0 Å². The van der Waals surface area contributed by atoms with Crippen molar-refractivity contribution in [2.45, 2.75) is 70.3 Å². The predicted octanol–water partition coefficient (Wildman–Crippen LogP) is 4.83. The van der Waals surface area contributed by atoms with Crippen molar-refractivity contribution >= 4 is 11.4 Å². The first-order valence-corrected chi connectivity index (χ1v) is 8.97. The van der Waals surface area contributed by atoms with Crippen LogP contribution in [0.15, 0.2) is 12.1 Å². The van der Waals surface area contributed by atoms with Crippen LogP contribution in [0.3, 0.4) is 0 Å². The van der Waals surface area contributed by atoms with Gasteiger partial charge in [-0.15, -0.1) is 0 Å². The van der Waals surface area contributed by atoms with Gasteiger partial charge in [0.1, 0.15) is 0 Å². The summed E-state index contributed by atoms with van der Waals surface area (Å²) in [5.41, 5.74) is 6.00. The van der Waals surface area contributed by atoms with E-state index in [9.17, 15) is 0 Å². The van der Waals surface area contributed by atoms with Gasteiger partial charge in [0.15, 0.2) is 0 Å². The number of anilines is 2. The van der Waals surface area contributed by atoms with Crippen LogP contribution < -0.4 is 10.2 Å². The molecule has 21 heavy (non-hydrogen) atoms. The molecule has 3 aliphatic rings. The molecule has 0 radical (unpaired) electrons. The monoisotopic (exact) mass is 284 g/mol. The summed E-state index contributed by atoms with van der Waals surface area (Å²) in [6.45, 7) is 4.82. The third-order valence-corrected chi connectivity index (χ3v) is 5.34. The molecular weight excluding hydrogens is 256 g/mol. The third-order valence-electron chi connectivity index (χ3n) is 5.34. The second kappa shape index (κ2) is 5.55. The maximum absolute atomic E-state index is 3.78. The van der Waals surface area contributed by atoms with Crippen LogP contribution in [0, 0.1) is 6.92 Å². The van der Waals surface area contributed by atoms with Crippen molar-refractivity contribution < 1.29 is 0 Å². The number of benzene rings is 1. The van der Waals surface area contributed by atoms with Crippen molar-refractivity contribution in [3.63, 3.8) is 0 Å². The number of nitrogens with one attached hydrogen (secondary N) is 1. The Bertz CT molecular complexity index is 507. The van der Waals surface area contributed by atoms with Crippen LogP contribution in [-0.4, -0.2) is 19.1 Å². The fourth-order valence-electron chi connectivity index (χ4n) is 3.61. The Balaban J connectivity index is 1.67. The highest BCUT2D eigenvalue weighted by Gasteiger charge is 2.28. The summed E-state index contributed by atoms with van der Waals surface area (Å²) >= 11 is 0. The van der Waals surface area contributed by atoms with E-state index < -0.39 is 0 Å². The van der Waals surface area contributed by atoms with Crippen LogP contribution in [-0.2, 0) is 0 Å². The first-order chi connectivity index (χ1) is 10.3. The van der Waals surface area contributed by atoms with E-state index in [0.717, 1.165) is 12.0 Å². The Hall–Kier alpha value is -1.18. The fourth-order valence-corrected chi connectivity index (χ4v) is 3.61. The molecule has 2 heteroatoms. The third kappa shape index (κ3) is 3.04. The lowest BCUT2D eigenvalue weighted by Crippen LogP contribution is -2.25. The molecule has 1 heterocycles. The molecule has 2 nitrogen and oxygen atoms in total. The van der Waals surface area contributed by atoms with Crippen LogP contribution in [0.4, 0.5) is 11.4 Å². The van der Waals surface area contributed by atoms with Gasteiger partial charge in [-0.1, -0.05) is 12.8 Å². The van der Waals surface area contributed by atoms with Gasteiger partial charge >= 0.3 is 0 Å². The summed E-state index contributed by atoms with van der Waals surface area (Å²) < 4.78 is 0. The largest absolute Gasteiger partial charge is 0.382 e. The predicted molar refractivity (Wildman–Crippen MR) is 90.5 cm³/mol. The Morgan fingerprint density at radius 2 is 1.67 bits per heavy atom. The lowest BCUT2D eigenvalue weighted by Gasteiger charge is -2.27. The van der Waals surface area contributed by atoms with Crippen molar-refractivity contribution in [3.8, 4) is 0 Å². The molecule has 114 valence electrons. The van der Waals surface area contributed by atoms with Crippen molar-refractivity contribution in [1.82, 2.24) is 0 Å². The fraction of sp³-hybridized carbons (Fsp3) is 0.684. The van der Waals surface area contributed by atoms with Gasteiger partial charge < -0.3 is 10.2 Å². The maximum atomic E-state index is 3.78. The van der Waals surface area contributed by atoms with Gasteiger partial charge in [0.25, 0.3) is 0 Å². The van der Waals surface area contributed by atoms with E-state index >= 15 is 0 Å². The minimum absolute atomic E-state index is 0.745. The van der Waals surface area contributed by atoms with Crippen LogP contribution in [0.25, 0.3) is 0 Å². The van der Waals surface area contributed by atoms with E-state index in [2.05, 4.69) is 29.3 Å². The highest BCUT2D eigenvalue weighted by atomic mass is 15.1. The summed E-state index contributed by atoms with van der Waals surface area (Å²) in [7, 11) is 0. The molecule has 2 aliphatic carbocycles. The van der Waals surface area contributed by atoms with E-state index in [4.69, 9.17) is 0 Å². The van der Waals surface area contributed by atoms with E-state index in [1.165, 1.54) is 81.4 Å². The van der Waals surface area contributed by atoms with E-state index in [0.29, 0.717) is 0 Å². The van der Waals surface area contributed by atoms with Crippen molar-refractivity contribution in [1.29, 1.82) is 0 Å². The van der Waals surface area contributed by atoms with Crippen LogP contribution in [0.1, 0.15) is 68.4 Å². The van der Waals surface area contributed by atoms with Gasteiger partial charge in [0.05, 0.1) is 0 Å². The summed E-state index contributed by atoms with van der Waals surface area (Å²) in [6.07, 6.45) is 11.0. The average Bonchev–Trinajstić information content (AvgIpc) is 3.35. The molecule has 0 bridgehead atoms. The van der Waals surface area contributed by atoms with Gasteiger partial charge in [-0.25, -0.2) is 0 Å². The van der Waals surface area contributed by atoms with Gasteiger partial charge in [0.2, 0.25) is 0 Å². The number of hydrogen-bond acceptors (Lipinski definition) is 2. The van der Waals surface area contributed by atoms with Crippen LogP contribution >= 0.6 is 0 Å². The summed E-state index contributed by atoms with van der Waals surface area (Å²) in [4.78, 5) is 2.66.